The van der Waals surface area contributed by atoms with Crippen molar-refractivity contribution in [2.45, 2.75) is 39.7 Å². The quantitative estimate of drug-likeness (QED) is 0.873. The van der Waals surface area contributed by atoms with Crippen LogP contribution in [0.3, 0.4) is 0 Å². The van der Waals surface area contributed by atoms with Crippen LogP contribution in [0.25, 0.3) is 0 Å². The van der Waals surface area contributed by atoms with Crippen LogP contribution < -0.4 is 10.1 Å². The Morgan fingerprint density at radius 1 is 1.41 bits per heavy atom. The third kappa shape index (κ3) is 4.01. The Bertz CT molecular complexity index is 655. The van der Waals surface area contributed by atoms with Crippen molar-refractivity contribution in [1.82, 2.24) is 5.16 Å². The number of amides is 1. The lowest BCUT2D eigenvalue weighted by Gasteiger charge is -2.17. The molecule has 2 aromatic rings. The maximum atomic E-state index is 12.2. The zero-order valence-corrected chi connectivity index (χ0v) is 13.6. The molecule has 22 heavy (non-hydrogen) atoms. The van der Waals surface area contributed by atoms with E-state index in [2.05, 4.69) is 10.5 Å². The number of aromatic nitrogens is 1. The molecule has 1 atom stereocenters. The second-order valence-electron chi connectivity index (χ2n) is 4.93. The van der Waals surface area contributed by atoms with Gasteiger partial charge in [0.25, 0.3) is 5.91 Å². The van der Waals surface area contributed by atoms with Crippen molar-refractivity contribution in [3.8, 4) is 5.75 Å². The molecule has 0 spiro atoms. The summed E-state index contributed by atoms with van der Waals surface area (Å²) in [5, 5.41) is 7.12. The van der Waals surface area contributed by atoms with E-state index < -0.39 is 6.10 Å². The van der Waals surface area contributed by atoms with E-state index in [4.69, 9.17) is 20.9 Å². The van der Waals surface area contributed by atoms with Gasteiger partial charge in [0, 0.05) is 11.1 Å². The van der Waals surface area contributed by atoms with E-state index in [1.54, 1.807) is 25.1 Å². The second-order valence-corrected chi connectivity index (χ2v) is 5.34. The van der Waals surface area contributed by atoms with Crippen molar-refractivity contribution in [1.29, 1.82) is 0 Å². The Balaban J connectivity index is 2.06. The summed E-state index contributed by atoms with van der Waals surface area (Å²) in [6.45, 7) is 5.66. The minimum absolute atomic E-state index is 0.260. The highest BCUT2D eigenvalue weighted by Gasteiger charge is 2.20. The van der Waals surface area contributed by atoms with E-state index in [0.717, 1.165) is 12.0 Å². The first kappa shape index (κ1) is 16.4. The predicted octanol–water partition coefficient (Wildman–Crippen LogP) is 3.99. The van der Waals surface area contributed by atoms with E-state index in [0.29, 0.717) is 28.8 Å². The van der Waals surface area contributed by atoms with Crippen LogP contribution in [0.5, 0.6) is 5.75 Å². The Morgan fingerprint density at radius 2 is 2.18 bits per heavy atom. The Hall–Kier alpha value is -2.01. The van der Waals surface area contributed by atoms with Gasteiger partial charge < -0.3 is 14.6 Å². The number of carbonyl (C=O) groups is 1. The molecule has 1 aromatic heterocycles. The number of aryl methyl sites for hydroxylation is 2. The number of benzene rings is 1. The molecule has 0 aliphatic heterocycles. The van der Waals surface area contributed by atoms with Crippen LogP contribution in [-0.2, 0) is 11.2 Å². The van der Waals surface area contributed by atoms with Gasteiger partial charge >= 0.3 is 0 Å². The van der Waals surface area contributed by atoms with Gasteiger partial charge in [-0.25, -0.2) is 0 Å². The second kappa shape index (κ2) is 7.31. The number of ether oxygens (including phenoxy) is 1. The van der Waals surface area contributed by atoms with E-state index in [-0.39, 0.29) is 5.91 Å². The number of halogens is 1. The van der Waals surface area contributed by atoms with Crippen molar-refractivity contribution < 1.29 is 14.1 Å². The molecule has 1 N–H and O–H groups in total. The standard InChI is InChI=1S/C16H19ClN2O3/c1-4-11-9-12(6-7-13(11)17)21-14(5-2)16(20)18-15-8-10(3)22-19-15/h6-9,14H,4-5H2,1-3H3,(H,18,19,20). The molecular formula is C16H19ClN2O3. The van der Waals surface area contributed by atoms with Gasteiger partial charge in [-0.2, -0.15) is 0 Å². The zero-order chi connectivity index (χ0) is 16.1. The Kier molecular flexibility index (Phi) is 5.44. The fraction of sp³-hybridized carbons (Fsp3) is 0.375. The summed E-state index contributed by atoms with van der Waals surface area (Å²) in [6, 6.07) is 7.06. The van der Waals surface area contributed by atoms with Gasteiger partial charge in [0.05, 0.1) is 0 Å². The molecule has 1 amide bonds. The third-order valence-corrected chi connectivity index (χ3v) is 3.59. The number of anilines is 1. The van der Waals surface area contributed by atoms with E-state index in [1.807, 2.05) is 19.9 Å². The maximum absolute atomic E-state index is 12.2. The molecule has 6 heteroatoms. The molecular weight excluding hydrogens is 304 g/mol. The van der Waals surface area contributed by atoms with E-state index in [9.17, 15) is 4.79 Å². The molecule has 0 aliphatic carbocycles. The van der Waals surface area contributed by atoms with Crippen molar-refractivity contribution in [2.24, 2.45) is 0 Å². The number of hydrogen-bond acceptors (Lipinski definition) is 4. The lowest BCUT2D eigenvalue weighted by Crippen LogP contribution is -2.32. The van der Waals surface area contributed by atoms with Crippen molar-refractivity contribution in [2.75, 3.05) is 5.32 Å². The first-order chi connectivity index (χ1) is 10.5. The summed E-state index contributed by atoms with van der Waals surface area (Å²) in [4.78, 5) is 12.2. The van der Waals surface area contributed by atoms with Gasteiger partial charge in [0.1, 0.15) is 11.5 Å². The Morgan fingerprint density at radius 3 is 2.77 bits per heavy atom. The Labute approximate surface area is 134 Å². The van der Waals surface area contributed by atoms with Crippen molar-refractivity contribution in [3.63, 3.8) is 0 Å². The van der Waals surface area contributed by atoms with Gasteiger partial charge in [-0.3, -0.25) is 4.79 Å². The van der Waals surface area contributed by atoms with Gasteiger partial charge in [0.15, 0.2) is 11.9 Å². The lowest BCUT2D eigenvalue weighted by atomic mass is 10.1. The van der Waals surface area contributed by atoms with Gasteiger partial charge in [-0.15, -0.1) is 0 Å². The summed E-state index contributed by atoms with van der Waals surface area (Å²) in [6.07, 6.45) is 0.729. The maximum Gasteiger partial charge on any atom is 0.266 e. The smallest absolute Gasteiger partial charge is 0.266 e. The third-order valence-electron chi connectivity index (χ3n) is 3.22. The van der Waals surface area contributed by atoms with Crippen LogP contribution in [0.4, 0.5) is 5.82 Å². The molecule has 1 unspecified atom stereocenters. The highest BCUT2D eigenvalue weighted by atomic mass is 35.5. The highest BCUT2D eigenvalue weighted by Crippen LogP contribution is 2.24. The van der Waals surface area contributed by atoms with Crippen molar-refractivity contribution in [3.05, 3.63) is 40.6 Å². The van der Waals surface area contributed by atoms with Crippen LogP contribution in [-0.4, -0.2) is 17.2 Å². The zero-order valence-electron chi connectivity index (χ0n) is 12.9. The minimum Gasteiger partial charge on any atom is -0.481 e. The predicted molar refractivity (Wildman–Crippen MR) is 85.4 cm³/mol. The molecule has 1 heterocycles. The van der Waals surface area contributed by atoms with Crippen molar-refractivity contribution >= 4 is 23.3 Å². The molecule has 118 valence electrons. The number of rotatable bonds is 6. The molecule has 0 bridgehead atoms. The normalized spacial score (nSPS) is 12.0. The molecule has 2 rings (SSSR count). The van der Waals surface area contributed by atoms with E-state index >= 15 is 0 Å². The summed E-state index contributed by atoms with van der Waals surface area (Å²) in [7, 11) is 0. The van der Waals surface area contributed by atoms with Crippen LogP contribution in [0.15, 0.2) is 28.8 Å². The monoisotopic (exact) mass is 322 g/mol. The lowest BCUT2D eigenvalue weighted by molar-refractivity contribution is -0.122. The number of nitrogens with one attached hydrogen (secondary N) is 1. The summed E-state index contributed by atoms with van der Waals surface area (Å²) in [5.74, 6) is 1.38. The van der Waals surface area contributed by atoms with E-state index in [1.165, 1.54) is 0 Å². The average Bonchev–Trinajstić information content (AvgIpc) is 2.91. The summed E-state index contributed by atoms with van der Waals surface area (Å²) in [5.41, 5.74) is 0.988. The fourth-order valence-corrected chi connectivity index (χ4v) is 2.27. The largest absolute Gasteiger partial charge is 0.481 e. The van der Waals surface area contributed by atoms with Gasteiger partial charge in [-0.1, -0.05) is 30.6 Å². The average molecular weight is 323 g/mol. The molecule has 0 aliphatic rings. The molecule has 0 fully saturated rings. The number of hydrogen-bond donors (Lipinski definition) is 1. The molecule has 0 saturated carbocycles. The minimum atomic E-state index is -0.608. The van der Waals surface area contributed by atoms with Crippen LogP contribution in [0.1, 0.15) is 31.6 Å². The van der Waals surface area contributed by atoms with Crippen LogP contribution in [0, 0.1) is 6.92 Å². The number of nitrogens with zero attached hydrogens (tertiary/aromatic N) is 1. The molecule has 0 radical (unpaired) electrons. The topological polar surface area (TPSA) is 64.4 Å². The fourth-order valence-electron chi connectivity index (χ4n) is 2.01. The summed E-state index contributed by atoms with van der Waals surface area (Å²) < 4.78 is 10.7. The first-order valence-corrected chi connectivity index (χ1v) is 7.60. The van der Waals surface area contributed by atoms with Crippen LogP contribution in [0.2, 0.25) is 5.02 Å². The first-order valence-electron chi connectivity index (χ1n) is 7.22. The number of carbonyl (C=O) groups excluding carboxylic acids is 1. The highest BCUT2D eigenvalue weighted by molar-refractivity contribution is 6.31. The van der Waals surface area contributed by atoms with Crippen LogP contribution >= 0.6 is 11.6 Å². The SMILES string of the molecule is CCc1cc(OC(CC)C(=O)Nc2cc(C)on2)ccc1Cl. The van der Waals surface area contributed by atoms with Gasteiger partial charge in [-0.05, 0) is 43.5 Å². The molecule has 1 aromatic carbocycles. The molecule has 0 saturated heterocycles. The summed E-state index contributed by atoms with van der Waals surface area (Å²) >= 11 is 6.09. The van der Waals surface area contributed by atoms with Gasteiger partial charge in [0.2, 0.25) is 0 Å². The molecule has 5 nitrogen and oxygen atoms in total.